The van der Waals surface area contributed by atoms with Gasteiger partial charge < -0.3 is 5.11 Å². The first kappa shape index (κ1) is 14.7. The van der Waals surface area contributed by atoms with E-state index in [1.165, 1.54) is 12.1 Å². The third-order valence-electron chi connectivity index (χ3n) is 3.63. The van der Waals surface area contributed by atoms with E-state index in [1.54, 1.807) is 23.5 Å². The lowest BCUT2D eigenvalue weighted by Crippen LogP contribution is -2.06. The van der Waals surface area contributed by atoms with Crippen molar-refractivity contribution in [3.05, 3.63) is 46.3 Å². The summed E-state index contributed by atoms with van der Waals surface area (Å²) in [6.07, 6.45) is 0.689. The van der Waals surface area contributed by atoms with E-state index in [0.29, 0.717) is 11.4 Å². The predicted octanol–water partition coefficient (Wildman–Crippen LogP) is 3.70. The molecule has 0 aliphatic heterocycles. The maximum Gasteiger partial charge on any atom is 0.309 e. The number of fused-ring (bicyclic) bond motifs is 1. The largest absolute Gasteiger partial charge is 0.481 e. The molecular weight excluding hydrogens is 303 g/mol. The smallest absolute Gasteiger partial charge is 0.309 e. The number of aryl methyl sites for hydroxylation is 2. The van der Waals surface area contributed by atoms with Crippen LogP contribution in [0.4, 0.5) is 4.39 Å². The van der Waals surface area contributed by atoms with Crippen LogP contribution in [0.2, 0.25) is 0 Å². The first-order valence-electron chi connectivity index (χ1n) is 6.98. The van der Waals surface area contributed by atoms with Gasteiger partial charge >= 0.3 is 5.97 Å². The summed E-state index contributed by atoms with van der Waals surface area (Å²) in [7, 11) is 0. The monoisotopic (exact) mass is 318 g/mol. The second-order valence-electron chi connectivity index (χ2n) is 5.06. The number of nitrogens with zero attached hydrogens (tertiary/aromatic N) is 2. The number of benzene rings is 1. The van der Waals surface area contributed by atoms with Crippen LogP contribution in [-0.2, 0) is 17.6 Å². The van der Waals surface area contributed by atoms with Crippen LogP contribution in [0.5, 0.6) is 0 Å². The molecule has 6 heteroatoms. The Kier molecular flexibility index (Phi) is 3.70. The van der Waals surface area contributed by atoms with Crippen LogP contribution >= 0.6 is 11.3 Å². The summed E-state index contributed by atoms with van der Waals surface area (Å²) >= 11 is 1.55. The van der Waals surface area contributed by atoms with Gasteiger partial charge in [-0.25, -0.2) is 9.37 Å². The van der Waals surface area contributed by atoms with Crippen LogP contribution in [-0.4, -0.2) is 20.5 Å². The van der Waals surface area contributed by atoms with Gasteiger partial charge in [0.25, 0.3) is 0 Å². The van der Waals surface area contributed by atoms with Crippen LogP contribution in [0.25, 0.3) is 16.2 Å². The van der Waals surface area contributed by atoms with Gasteiger partial charge in [-0.15, -0.1) is 11.3 Å². The zero-order chi connectivity index (χ0) is 15.9. The zero-order valence-corrected chi connectivity index (χ0v) is 13.1. The number of carboxylic acids is 1. The molecule has 0 bridgehead atoms. The normalized spacial score (nSPS) is 11.2. The number of halogens is 1. The molecule has 0 saturated carbocycles. The molecule has 0 spiro atoms. The molecule has 0 radical (unpaired) electrons. The number of carbonyl (C=O) groups is 1. The highest BCUT2D eigenvalue weighted by Gasteiger charge is 2.21. The Balaban J connectivity index is 2.27. The molecule has 0 saturated heterocycles. The van der Waals surface area contributed by atoms with Gasteiger partial charge in [-0.05, 0) is 37.6 Å². The van der Waals surface area contributed by atoms with Gasteiger partial charge in [0.05, 0.1) is 17.8 Å². The lowest BCUT2D eigenvalue weighted by molar-refractivity contribution is -0.136. The maximum atomic E-state index is 13.1. The Bertz CT molecular complexity index is 849. The molecule has 0 unspecified atom stereocenters. The second-order valence-corrected chi connectivity index (χ2v) is 6.24. The average molecular weight is 318 g/mol. The number of thiazole rings is 1. The van der Waals surface area contributed by atoms with Gasteiger partial charge in [0.15, 0.2) is 4.96 Å². The molecule has 114 valence electrons. The predicted molar refractivity (Wildman–Crippen MR) is 83.9 cm³/mol. The Hall–Kier alpha value is -2.21. The summed E-state index contributed by atoms with van der Waals surface area (Å²) in [6.45, 7) is 4.05. The van der Waals surface area contributed by atoms with Crippen LogP contribution in [0.1, 0.15) is 23.2 Å². The number of rotatable bonds is 4. The molecule has 0 amide bonds. The van der Waals surface area contributed by atoms with Crippen LogP contribution in [0.15, 0.2) is 24.3 Å². The first-order valence-corrected chi connectivity index (χ1v) is 7.80. The van der Waals surface area contributed by atoms with Crippen molar-refractivity contribution in [2.24, 2.45) is 0 Å². The zero-order valence-electron chi connectivity index (χ0n) is 12.3. The lowest BCUT2D eigenvalue weighted by Gasteiger charge is -2.05. The van der Waals surface area contributed by atoms with Crippen molar-refractivity contribution in [3.8, 4) is 11.3 Å². The van der Waals surface area contributed by atoms with E-state index in [4.69, 9.17) is 0 Å². The Morgan fingerprint density at radius 1 is 1.32 bits per heavy atom. The van der Waals surface area contributed by atoms with Gasteiger partial charge in [-0.1, -0.05) is 6.92 Å². The van der Waals surface area contributed by atoms with Crippen LogP contribution in [0, 0.1) is 12.7 Å². The molecule has 0 aliphatic rings. The number of aromatic nitrogens is 2. The maximum absolute atomic E-state index is 13.1. The second kappa shape index (κ2) is 5.53. The molecular formula is C16H15FN2O2S. The standard InChI is InChI=1S/C16H15FN2O2S/c1-3-12-9(2)22-16-18-15(10-4-6-11(17)7-5-10)13(19(12)16)8-14(20)21/h4-7H,3,8H2,1-2H3,(H,20,21). The van der Waals surface area contributed by atoms with E-state index in [-0.39, 0.29) is 12.2 Å². The van der Waals surface area contributed by atoms with Crippen LogP contribution < -0.4 is 0 Å². The highest BCUT2D eigenvalue weighted by atomic mass is 32.1. The number of imidazole rings is 1. The van der Waals surface area contributed by atoms with E-state index >= 15 is 0 Å². The fraction of sp³-hybridized carbons (Fsp3) is 0.250. The molecule has 0 fully saturated rings. The number of carboxylic acid groups (broad SMARTS) is 1. The van der Waals surface area contributed by atoms with Crippen molar-refractivity contribution in [2.75, 3.05) is 0 Å². The summed E-state index contributed by atoms with van der Waals surface area (Å²) in [4.78, 5) is 17.8. The van der Waals surface area contributed by atoms with E-state index in [9.17, 15) is 14.3 Å². The number of hydrogen-bond acceptors (Lipinski definition) is 3. The molecule has 0 atom stereocenters. The van der Waals surface area contributed by atoms with E-state index in [2.05, 4.69) is 4.98 Å². The molecule has 2 aromatic heterocycles. The van der Waals surface area contributed by atoms with Crippen molar-refractivity contribution in [3.63, 3.8) is 0 Å². The fourth-order valence-electron chi connectivity index (χ4n) is 2.68. The van der Waals surface area contributed by atoms with E-state index in [0.717, 1.165) is 27.5 Å². The van der Waals surface area contributed by atoms with E-state index in [1.807, 2.05) is 18.2 Å². The summed E-state index contributed by atoms with van der Waals surface area (Å²) in [5, 5.41) is 9.23. The Morgan fingerprint density at radius 3 is 2.59 bits per heavy atom. The number of aliphatic carboxylic acids is 1. The molecule has 2 heterocycles. The number of hydrogen-bond donors (Lipinski definition) is 1. The minimum absolute atomic E-state index is 0.114. The minimum atomic E-state index is -0.906. The molecule has 4 nitrogen and oxygen atoms in total. The summed E-state index contributed by atoms with van der Waals surface area (Å²) in [6, 6.07) is 5.98. The van der Waals surface area contributed by atoms with Gasteiger partial charge in [0.1, 0.15) is 5.82 Å². The third kappa shape index (κ3) is 2.39. The van der Waals surface area contributed by atoms with Crippen molar-refractivity contribution >= 4 is 22.3 Å². The van der Waals surface area contributed by atoms with Crippen molar-refractivity contribution < 1.29 is 14.3 Å². The molecule has 0 aliphatic carbocycles. The SMILES string of the molecule is CCc1c(C)sc2nc(-c3ccc(F)cc3)c(CC(=O)O)n12. The molecule has 3 rings (SSSR count). The van der Waals surface area contributed by atoms with Crippen molar-refractivity contribution in [1.29, 1.82) is 0 Å². The molecule has 3 aromatic rings. The summed E-state index contributed by atoms with van der Waals surface area (Å²) in [5.41, 5.74) is 3.07. The van der Waals surface area contributed by atoms with Crippen LogP contribution in [0.3, 0.4) is 0 Å². The Morgan fingerprint density at radius 2 is 2.00 bits per heavy atom. The minimum Gasteiger partial charge on any atom is -0.481 e. The van der Waals surface area contributed by atoms with Gasteiger partial charge in [0, 0.05) is 16.1 Å². The summed E-state index contributed by atoms with van der Waals surface area (Å²) in [5.74, 6) is -1.23. The molecule has 1 N–H and O–H groups in total. The average Bonchev–Trinajstić information content (AvgIpc) is 2.95. The lowest BCUT2D eigenvalue weighted by atomic mass is 10.1. The van der Waals surface area contributed by atoms with Gasteiger partial charge in [-0.3, -0.25) is 9.20 Å². The first-order chi connectivity index (χ1) is 10.5. The van der Waals surface area contributed by atoms with Gasteiger partial charge in [-0.2, -0.15) is 0 Å². The highest BCUT2D eigenvalue weighted by Crippen LogP contribution is 2.31. The topological polar surface area (TPSA) is 54.6 Å². The summed E-state index contributed by atoms with van der Waals surface area (Å²) < 4.78 is 15.0. The Labute approximate surface area is 130 Å². The van der Waals surface area contributed by atoms with Gasteiger partial charge in [0.2, 0.25) is 0 Å². The third-order valence-corrected chi connectivity index (χ3v) is 4.63. The van der Waals surface area contributed by atoms with E-state index < -0.39 is 5.97 Å². The molecule has 1 aromatic carbocycles. The quantitative estimate of drug-likeness (QED) is 0.798. The molecule has 22 heavy (non-hydrogen) atoms. The van der Waals surface area contributed by atoms with Crippen molar-refractivity contribution in [1.82, 2.24) is 9.38 Å². The highest BCUT2D eigenvalue weighted by molar-refractivity contribution is 7.17. The van der Waals surface area contributed by atoms with Crippen molar-refractivity contribution in [2.45, 2.75) is 26.7 Å². The fourth-order valence-corrected chi connectivity index (χ4v) is 3.76.